The largest absolute Gasteiger partial charge is 0.489 e. The molecule has 0 amide bonds. The fourth-order valence-electron chi connectivity index (χ4n) is 1.83. The first-order valence-electron chi connectivity index (χ1n) is 5.56. The molecule has 2 aliphatic rings. The molecule has 1 aromatic carbocycles. The molecule has 1 fully saturated rings. The highest BCUT2D eigenvalue weighted by atomic mass is 35.5. The monoisotopic (exact) mass is 237 g/mol. The zero-order valence-electron chi connectivity index (χ0n) is 9.11. The summed E-state index contributed by atoms with van der Waals surface area (Å²) in [6.07, 6.45) is 4.92. The first kappa shape index (κ1) is 11.5. The van der Waals surface area contributed by atoms with Gasteiger partial charge in [0.05, 0.1) is 0 Å². The maximum atomic E-state index is 5.68. The Morgan fingerprint density at radius 2 is 2.06 bits per heavy atom. The molecule has 1 N–H and O–H groups in total. The summed E-state index contributed by atoms with van der Waals surface area (Å²) in [6, 6.07) is 8.96. The van der Waals surface area contributed by atoms with E-state index in [2.05, 4.69) is 23.5 Å². The Bertz CT molecular complexity index is 399. The predicted octanol–water partition coefficient (Wildman–Crippen LogP) is 2.64. The molecule has 0 spiro atoms. The first-order chi connectivity index (χ1) is 7.42. The predicted molar refractivity (Wildman–Crippen MR) is 68.2 cm³/mol. The second kappa shape index (κ2) is 4.89. The average Bonchev–Trinajstić information content (AvgIpc) is 3.10. The van der Waals surface area contributed by atoms with Crippen LogP contribution in [0, 0.1) is 0 Å². The summed E-state index contributed by atoms with van der Waals surface area (Å²) in [5, 5.41) is 3.51. The summed E-state index contributed by atoms with van der Waals surface area (Å²) in [5.41, 5.74) is 2.55. The maximum Gasteiger partial charge on any atom is 0.127 e. The van der Waals surface area contributed by atoms with Crippen molar-refractivity contribution in [3.05, 3.63) is 35.4 Å². The number of para-hydroxylation sites is 1. The van der Waals surface area contributed by atoms with Gasteiger partial charge in [-0.3, -0.25) is 0 Å². The van der Waals surface area contributed by atoms with E-state index in [1.54, 1.807) is 0 Å². The van der Waals surface area contributed by atoms with Gasteiger partial charge in [-0.25, -0.2) is 0 Å². The van der Waals surface area contributed by atoms with Crippen LogP contribution in [0.4, 0.5) is 0 Å². The molecule has 0 radical (unpaired) electrons. The fourth-order valence-corrected chi connectivity index (χ4v) is 1.83. The topological polar surface area (TPSA) is 21.3 Å². The second-order valence-electron chi connectivity index (χ2n) is 4.28. The van der Waals surface area contributed by atoms with Crippen LogP contribution in [0.2, 0.25) is 0 Å². The number of ether oxygens (including phenoxy) is 1. The SMILES string of the molecule is C1=C(CNC2CC2)COc2ccccc21.Cl. The van der Waals surface area contributed by atoms with Crippen LogP contribution < -0.4 is 10.1 Å². The molecule has 1 heterocycles. The third kappa shape index (κ3) is 2.57. The van der Waals surface area contributed by atoms with Crippen LogP contribution in [-0.4, -0.2) is 19.2 Å². The quantitative estimate of drug-likeness (QED) is 0.873. The van der Waals surface area contributed by atoms with Crippen molar-refractivity contribution in [3.63, 3.8) is 0 Å². The summed E-state index contributed by atoms with van der Waals surface area (Å²) >= 11 is 0. The van der Waals surface area contributed by atoms with E-state index in [4.69, 9.17) is 4.74 Å². The number of halogens is 1. The Kier molecular flexibility index (Phi) is 3.52. The van der Waals surface area contributed by atoms with Crippen molar-refractivity contribution in [2.24, 2.45) is 0 Å². The molecule has 1 aromatic rings. The van der Waals surface area contributed by atoms with E-state index in [1.165, 1.54) is 24.0 Å². The van der Waals surface area contributed by atoms with Crippen LogP contribution in [0.15, 0.2) is 29.8 Å². The summed E-state index contributed by atoms with van der Waals surface area (Å²) < 4.78 is 5.68. The van der Waals surface area contributed by atoms with Gasteiger partial charge in [-0.05, 0) is 30.6 Å². The number of hydrogen-bond donors (Lipinski definition) is 1. The highest BCUT2D eigenvalue weighted by Gasteiger charge is 2.21. The number of nitrogens with one attached hydrogen (secondary N) is 1. The molecule has 1 aliphatic heterocycles. The van der Waals surface area contributed by atoms with Crippen LogP contribution in [0.1, 0.15) is 18.4 Å². The summed E-state index contributed by atoms with van der Waals surface area (Å²) in [5.74, 6) is 1.01. The van der Waals surface area contributed by atoms with Gasteiger partial charge >= 0.3 is 0 Å². The summed E-state index contributed by atoms with van der Waals surface area (Å²) in [6.45, 7) is 1.70. The van der Waals surface area contributed by atoms with Crippen molar-refractivity contribution in [2.75, 3.05) is 13.2 Å². The van der Waals surface area contributed by atoms with E-state index in [1.807, 2.05) is 12.1 Å². The lowest BCUT2D eigenvalue weighted by atomic mass is 10.1. The first-order valence-corrected chi connectivity index (χ1v) is 5.56. The number of hydrogen-bond acceptors (Lipinski definition) is 2. The van der Waals surface area contributed by atoms with E-state index in [9.17, 15) is 0 Å². The molecule has 0 atom stereocenters. The average molecular weight is 238 g/mol. The molecule has 3 heteroatoms. The third-order valence-corrected chi connectivity index (χ3v) is 2.89. The van der Waals surface area contributed by atoms with E-state index in [0.717, 1.165) is 24.9 Å². The van der Waals surface area contributed by atoms with Gasteiger partial charge in [0, 0.05) is 18.2 Å². The van der Waals surface area contributed by atoms with Gasteiger partial charge in [-0.15, -0.1) is 12.4 Å². The van der Waals surface area contributed by atoms with Crippen molar-refractivity contribution in [2.45, 2.75) is 18.9 Å². The highest BCUT2D eigenvalue weighted by molar-refractivity contribution is 5.85. The highest BCUT2D eigenvalue weighted by Crippen LogP contribution is 2.26. The van der Waals surface area contributed by atoms with Crippen LogP contribution in [0.3, 0.4) is 0 Å². The lowest BCUT2D eigenvalue weighted by Gasteiger charge is -2.18. The molecule has 0 bridgehead atoms. The van der Waals surface area contributed by atoms with Gasteiger partial charge in [0.15, 0.2) is 0 Å². The van der Waals surface area contributed by atoms with E-state index >= 15 is 0 Å². The second-order valence-corrected chi connectivity index (χ2v) is 4.28. The Morgan fingerprint density at radius 1 is 1.25 bits per heavy atom. The minimum Gasteiger partial charge on any atom is -0.489 e. The number of rotatable bonds is 3. The van der Waals surface area contributed by atoms with E-state index < -0.39 is 0 Å². The van der Waals surface area contributed by atoms with Crippen molar-refractivity contribution in [1.29, 1.82) is 0 Å². The molecular weight excluding hydrogens is 222 g/mol. The smallest absolute Gasteiger partial charge is 0.127 e. The minimum absolute atomic E-state index is 0. The number of fused-ring (bicyclic) bond motifs is 1. The maximum absolute atomic E-state index is 5.68. The Hall–Kier alpha value is -0.990. The van der Waals surface area contributed by atoms with Crippen LogP contribution in [0.25, 0.3) is 6.08 Å². The Morgan fingerprint density at radius 3 is 2.88 bits per heavy atom. The molecule has 2 nitrogen and oxygen atoms in total. The van der Waals surface area contributed by atoms with Crippen LogP contribution >= 0.6 is 12.4 Å². The van der Waals surface area contributed by atoms with Crippen molar-refractivity contribution in [1.82, 2.24) is 5.32 Å². The lowest BCUT2D eigenvalue weighted by molar-refractivity contribution is 0.343. The zero-order chi connectivity index (χ0) is 10.1. The lowest BCUT2D eigenvalue weighted by Crippen LogP contribution is -2.23. The summed E-state index contributed by atoms with van der Waals surface area (Å²) in [7, 11) is 0. The van der Waals surface area contributed by atoms with Gasteiger partial charge in [0.25, 0.3) is 0 Å². The molecule has 16 heavy (non-hydrogen) atoms. The van der Waals surface area contributed by atoms with Gasteiger partial charge < -0.3 is 10.1 Å². The normalized spacial score (nSPS) is 17.9. The van der Waals surface area contributed by atoms with Crippen molar-refractivity contribution < 1.29 is 4.74 Å². The fraction of sp³-hybridized carbons (Fsp3) is 0.385. The Labute approximate surface area is 102 Å². The molecule has 0 saturated heterocycles. The molecule has 86 valence electrons. The molecule has 1 saturated carbocycles. The van der Waals surface area contributed by atoms with Crippen molar-refractivity contribution in [3.8, 4) is 5.75 Å². The molecule has 0 aromatic heterocycles. The molecule has 3 rings (SSSR count). The molecule has 0 unspecified atom stereocenters. The molecular formula is C13H16ClNO. The van der Waals surface area contributed by atoms with Gasteiger partial charge in [-0.1, -0.05) is 18.2 Å². The number of benzene rings is 1. The van der Waals surface area contributed by atoms with Gasteiger partial charge in [0.1, 0.15) is 12.4 Å². The van der Waals surface area contributed by atoms with Crippen LogP contribution in [-0.2, 0) is 0 Å². The van der Waals surface area contributed by atoms with Gasteiger partial charge in [-0.2, -0.15) is 0 Å². The summed E-state index contributed by atoms with van der Waals surface area (Å²) in [4.78, 5) is 0. The molecule has 1 aliphatic carbocycles. The van der Waals surface area contributed by atoms with E-state index in [0.29, 0.717) is 0 Å². The van der Waals surface area contributed by atoms with Gasteiger partial charge in [0.2, 0.25) is 0 Å². The van der Waals surface area contributed by atoms with E-state index in [-0.39, 0.29) is 12.4 Å². The van der Waals surface area contributed by atoms with Crippen LogP contribution in [0.5, 0.6) is 5.75 Å². The van der Waals surface area contributed by atoms with Crippen molar-refractivity contribution >= 4 is 18.5 Å². The standard InChI is InChI=1S/C13H15NO.ClH/c1-2-4-13-11(3-1)7-10(9-15-13)8-14-12-5-6-12;/h1-4,7,12,14H,5-6,8-9H2;1H. The minimum atomic E-state index is 0. The Balaban J connectivity index is 0.000000963. The zero-order valence-corrected chi connectivity index (χ0v) is 9.93. The third-order valence-electron chi connectivity index (χ3n) is 2.89.